The van der Waals surface area contributed by atoms with Crippen molar-refractivity contribution in [3.8, 4) is 0 Å². The third kappa shape index (κ3) is 3.55. The largest absolute Gasteiger partial charge is 0.465 e. The van der Waals surface area contributed by atoms with E-state index >= 15 is 0 Å². The summed E-state index contributed by atoms with van der Waals surface area (Å²) in [6, 6.07) is 3.81. The Balaban J connectivity index is 1.97. The van der Waals surface area contributed by atoms with Gasteiger partial charge in [0.15, 0.2) is 0 Å². The maximum absolute atomic E-state index is 11.4. The Morgan fingerprint density at radius 1 is 1.58 bits per heavy atom. The number of piperidine rings is 1. The van der Waals surface area contributed by atoms with E-state index in [2.05, 4.69) is 11.8 Å². The Kier molecular flexibility index (Phi) is 4.60. The minimum atomic E-state index is -0.268. The van der Waals surface area contributed by atoms with Crippen LogP contribution in [0.1, 0.15) is 34.3 Å². The van der Waals surface area contributed by atoms with Crippen LogP contribution in [0.3, 0.4) is 0 Å². The number of ether oxygens (including phenoxy) is 1. The Hall–Kier alpha value is -0.910. The molecule has 0 amide bonds. The highest BCUT2D eigenvalue weighted by atomic mass is 32.1. The predicted octanol–water partition coefficient (Wildman–Crippen LogP) is 2.13. The van der Waals surface area contributed by atoms with Crippen molar-refractivity contribution in [2.45, 2.75) is 26.3 Å². The fourth-order valence-corrected chi connectivity index (χ4v) is 3.55. The highest BCUT2D eigenvalue weighted by Crippen LogP contribution is 2.30. The number of aliphatic hydroxyl groups excluding tert-OH is 1. The number of aliphatic hydroxyl groups is 1. The number of methoxy groups -OCH3 is 1. The van der Waals surface area contributed by atoms with Crippen molar-refractivity contribution < 1.29 is 14.6 Å². The topological polar surface area (TPSA) is 49.8 Å². The van der Waals surface area contributed by atoms with Crippen LogP contribution in [0.5, 0.6) is 0 Å². The third-order valence-electron chi connectivity index (χ3n) is 3.67. The van der Waals surface area contributed by atoms with Crippen LogP contribution in [0.4, 0.5) is 0 Å². The van der Waals surface area contributed by atoms with Crippen LogP contribution in [-0.4, -0.2) is 42.8 Å². The summed E-state index contributed by atoms with van der Waals surface area (Å²) in [7, 11) is 1.40. The number of carbonyl (C=O) groups is 1. The SMILES string of the molecule is COC(=O)c1ccc(CN2CCCC(C)(CO)C2)s1. The number of thiophene rings is 1. The Bertz CT molecular complexity index is 446. The monoisotopic (exact) mass is 283 g/mol. The van der Waals surface area contributed by atoms with Crippen LogP contribution in [0.15, 0.2) is 12.1 Å². The molecule has 1 N–H and O–H groups in total. The summed E-state index contributed by atoms with van der Waals surface area (Å²) in [5.41, 5.74) is 0.0146. The van der Waals surface area contributed by atoms with Crippen LogP contribution < -0.4 is 0 Å². The van der Waals surface area contributed by atoms with Gasteiger partial charge >= 0.3 is 5.97 Å². The molecule has 0 bridgehead atoms. The van der Waals surface area contributed by atoms with Gasteiger partial charge in [0.1, 0.15) is 4.88 Å². The second kappa shape index (κ2) is 6.03. The average molecular weight is 283 g/mol. The fourth-order valence-electron chi connectivity index (χ4n) is 2.58. The van der Waals surface area contributed by atoms with Gasteiger partial charge in [0.25, 0.3) is 0 Å². The number of hydrogen-bond donors (Lipinski definition) is 1. The molecule has 0 radical (unpaired) electrons. The molecular formula is C14H21NO3S. The Morgan fingerprint density at radius 3 is 3.05 bits per heavy atom. The van der Waals surface area contributed by atoms with E-state index in [4.69, 9.17) is 4.74 Å². The molecule has 1 aliphatic rings. The quantitative estimate of drug-likeness (QED) is 0.860. The second-order valence-corrected chi connectivity index (χ2v) is 6.71. The maximum Gasteiger partial charge on any atom is 0.348 e. The zero-order valence-corrected chi connectivity index (χ0v) is 12.3. The summed E-state index contributed by atoms with van der Waals surface area (Å²) >= 11 is 1.49. The first-order valence-electron chi connectivity index (χ1n) is 6.56. The van der Waals surface area contributed by atoms with E-state index in [1.807, 2.05) is 12.1 Å². The summed E-state index contributed by atoms with van der Waals surface area (Å²) in [6.45, 7) is 5.18. The van der Waals surface area contributed by atoms with Crippen molar-refractivity contribution in [2.75, 3.05) is 26.8 Å². The maximum atomic E-state index is 11.4. The molecule has 106 valence electrons. The summed E-state index contributed by atoms with van der Waals surface area (Å²) in [4.78, 5) is 15.6. The van der Waals surface area contributed by atoms with Crippen LogP contribution in [-0.2, 0) is 11.3 Å². The van der Waals surface area contributed by atoms with Gasteiger partial charge in [-0.25, -0.2) is 4.79 Å². The lowest BCUT2D eigenvalue weighted by atomic mass is 9.83. The normalized spacial score (nSPS) is 24.4. The number of nitrogens with zero attached hydrogens (tertiary/aromatic N) is 1. The van der Waals surface area contributed by atoms with E-state index in [1.165, 1.54) is 23.3 Å². The second-order valence-electron chi connectivity index (χ2n) is 5.54. The van der Waals surface area contributed by atoms with Gasteiger partial charge in [-0.3, -0.25) is 4.90 Å². The molecule has 1 atom stereocenters. The van der Waals surface area contributed by atoms with Gasteiger partial charge in [0.05, 0.1) is 7.11 Å². The van der Waals surface area contributed by atoms with Gasteiger partial charge in [-0.2, -0.15) is 0 Å². The lowest BCUT2D eigenvalue weighted by Crippen LogP contribution is -2.42. The van der Waals surface area contributed by atoms with E-state index in [0.29, 0.717) is 4.88 Å². The van der Waals surface area contributed by atoms with Gasteiger partial charge in [0.2, 0.25) is 0 Å². The number of rotatable bonds is 4. The molecular weight excluding hydrogens is 262 g/mol. The molecule has 2 heterocycles. The molecule has 0 spiro atoms. The minimum absolute atomic E-state index is 0.0146. The van der Waals surface area contributed by atoms with E-state index < -0.39 is 0 Å². The first kappa shape index (κ1) is 14.5. The van der Waals surface area contributed by atoms with Crippen molar-refractivity contribution in [1.82, 2.24) is 4.90 Å². The third-order valence-corrected chi connectivity index (χ3v) is 4.72. The van der Waals surface area contributed by atoms with E-state index in [0.717, 1.165) is 32.5 Å². The van der Waals surface area contributed by atoms with Gasteiger partial charge in [-0.15, -0.1) is 11.3 Å². The molecule has 1 aliphatic heterocycles. The number of likely N-dealkylation sites (tertiary alicyclic amines) is 1. The molecule has 1 fully saturated rings. The fraction of sp³-hybridized carbons (Fsp3) is 0.643. The summed E-state index contributed by atoms with van der Waals surface area (Å²) in [5.74, 6) is -0.268. The van der Waals surface area contributed by atoms with Crippen molar-refractivity contribution in [2.24, 2.45) is 5.41 Å². The van der Waals surface area contributed by atoms with Crippen LogP contribution in [0, 0.1) is 5.41 Å². The first-order chi connectivity index (χ1) is 9.06. The Labute approximate surface area is 118 Å². The molecule has 0 aliphatic carbocycles. The van der Waals surface area contributed by atoms with Crippen molar-refractivity contribution >= 4 is 17.3 Å². The zero-order chi connectivity index (χ0) is 13.9. The summed E-state index contributed by atoms with van der Waals surface area (Å²) < 4.78 is 4.71. The first-order valence-corrected chi connectivity index (χ1v) is 7.38. The van der Waals surface area contributed by atoms with Crippen molar-refractivity contribution in [1.29, 1.82) is 0 Å². The molecule has 0 aromatic carbocycles. The molecule has 0 saturated carbocycles. The highest BCUT2D eigenvalue weighted by Gasteiger charge is 2.30. The summed E-state index contributed by atoms with van der Waals surface area (Å²) in [5, 5.41) is 9.46. The standard InChI is InChI=1S/C14H21NO3S/c1-14(10-16)6-3-7-15(9-14)8-11-4-5-12(19-11)13(17)18-2/h4-5,16H,3,6-10H2,1-2H3. The summed E-state index contributed by atoms with van der Waals surface area (Å²) in [6.07, 6.45) is 2.20. The van der Waals surface area contributed by atoms with Crippen LogP contribution >= 0.6 is 11.3 Å². The highest BCUT2D eigenvalue weighted by molar-refractivity contribution is 7.13. The van der Waals surface area contributed by atoms with Gasteiger partial charge in [0, 0.05) is 30.0 Å². The molecule has 1 saturated heterocycles. The van der Waals surface area contributed by atoms with E-state index in [1.54, 1.807) is 0 Å². The number of carbonyl (C=O) groups excluding carboxylic acids is 1. The lowest BCUT2D eigenvalue weighted by Gasteiger charge is -2.39. The molecule has 5 heteroatoms. The van der Waals surface area contributed by atoms with E-state index in [-0.39, 0.29) is 18.0 Å². The molecule has 1 aromatic rings. The zero-order valence-electron chi connectivity index (χ0n) is 11.5. The van der Waals surface area contributed by atoms with Gasteiger partial charge in [-0.1, -0.05) is 6.92 Å². The molecule has 1 unspecified atom stereocenters. The van der Waals surface area contributed by atoms with E-state index in [9.17, 15) is 9.90 Å². The molecule has 2 rings (SSSR count). The number of hydrogen-bond acceptors (Lipinski definition) is 5. The lowest BCUT2D eigenvalue weighted by molar-refractivity contribution is 0.0434. The van der Waals surface area contributed by atoms with Crippen molar-refractivity contribution in [3.05, 3.63) is 21.9 Å². The van der Waals surface area contributed by atoms with Crippen molar-refractivity contribution in [3.63, 3.8) is 0 Å². The molecule has 19 heavy (non-hydrogen) atoms. The number of esters is 1. The smallest absolute Gasteiger partial charge is 0.348 e. The Morgan fingerprint density at radius 2 is 2.37 bits per heavy atom. The van der Waals surface area contributed by atoms with Crippen LogP contribution in [0.2, 0.25) is 0 Å². The minimum Gasteiger partial charge on any atom is -0.465 e. The van der Waals surface area contributed by atoms with Crippen LogP contribution in [0.25, 0.3) is 0 Å². The average Bonchev–Trinajstić information content (AvgIpc) is 2.86. The van der Waals surface area contributed by atoms with Gasteiger partial charge < -0.3 is 9.84 Å². The van der Waals surface area contributed by atoms with Gasteiger partial charge in [-0.05, 0) is 31.5 Å². The molecule has 4 nitrogen and oxygen atoms in total. The predicted molar refractivity (Wildman–Crippen MR) is 75.4 cm³/mol. The molecule has 1 aromatic heterocycles.